The fourth-order valence-corrected chi connectivity index (χ4v) is 2.57. The lowest BCUT2D eigenvalue weighted by Crippen LogP contribution is -2.47. The lowest BCUT2D eigenvalue weighted by Gasteiger charge is -2.36. The molecule has 0 spiro atoms. The lowest BCUT2D eigenvalue weighted by atomic mass is 10.0. The minimum atomic E-state index is -0.0178. The Morgan fingerprint density at radius 1 is 1.56 bits per heavy atom. The van der Waals surface area contributed by atoms with Gasteiger partial charge in [-0.05, 0) is 42.9 Å². The van der Waals surface area contributed by atoms with Gasteiger partial charge < -0.3 is 9.80 Å². The van der Waals surface area contributed by atoms with E-state index >= 15 is 0 Å². The van der Waals surface area contributed by atoms with Crippen LogP contribution >= 0.6 is 15.9 Å². The Morgan fingerprint density at radius 3 is 3.00 bits per heavy atom. The molecule has 1 unspecified atom stereocenters. The van der Waals surface area contributed by atoms with Gasteiger partial charge in [-0.1, -0.05) is 0 Å². The van der Waals surface area contributed by atoms with Gasteiger partial charge in [0.1, 0.15) is 12.0 Å². The van der Waals surface area contributed by atoms with Gasteiger partial charge in [-0.15, -0.1) is 0 Å². The fraction of sp³-hybridized carbons (Fsp3) is 0.583. The molecule has 0 N–H and O–H groups in total. The molecular formula is C12H17BrN4O. The largest absolute Gasteiger partial charge is 0.336 e. The van der Waals surface area contributed by atoms with Crippen LogP contribution in [0.1, 0.15) is 23.3 Å². The van der Waals surface area contributed by atoms with Crippen LogP contribution in [0.25, 0.3) is 0 Å². The number of carbonyl (C=O) groups is 1. The smallest absolute Gasteiger partial charge is 0.273 e. The number of hydrogen-bond acceptors (Lipinski definition) is 4. The number of likely N-dealkylation sites (N-methyl/N-ethyl adjacent to an activating group) is 1. The van der Waals surface area contributed by atoms with E-state index in [1.54, 1.807) is 6.20 Å². The number of halogens is 1. The first-order chi connectivity index (χ1) is 8.59. The van der Waals surface area contributed by atoms with Crippen LogP contribution in [0.5, 0.6) is 0 Å². The summed E-state index contributed by atoms with van der Waals surface area (Å²) < 4.78 is 0.655. The van der Waals surface area contributed by atoms with Crippen molar-refractivity contribution in [2.45, 2.75) is 18.9 Å². The Balaban J connectivity index is 2.12. The van der Waals surface area contributed by atoms with Crippen LogP contribution in [0.15, 0.2) is 17.0 Å². The highest BCUT2D eigenvalue weighted by Gasteiger charge is 2.27. The van der Waals surface area contributed by atoms with Crippen LogP contribution in [0.3, 0.4) is 0 Å². The molecule has 0 aliphatic carbocycles. The molecule has 1 amide bonds. The number of hydrogen-bond donors (Lipinski definition) is 0. The third-order valence-electron chi connectivity index (χ3n) is 3.28. The van der Waals surface area contributed by atoms with Crippen LogP contribution in [-0.2, 0) is 0 Å². The van der Waals surface area contributed by atoms with E-state index in [0.29, 0.717) is 16.2 Å². The van der Waals surface area contributed by atoms with Crippen molar-refractivity contribution >= 4 is 21.8 Å². The molecule has 6 heteroatoms. The summed E-state index contributed by atoms with van der Waals surface area (Å²) >= 11 is 3.32. The van der Waals surface area contributed by atoms with Crippen LogP contribution in [0.2, 0.25) is 0 Å². The second kappa shape index (κ2) is 5.75. The first kappa shape index (κ1) is 13.4. The molecule has 98 valence electrons. The normalized spacial score (nSPS) is 20.2. The quantitative estimate of drug-likeness (QED) is 0.828. The Kier molecular flexibility index (Phi) is 4.29. The van der Waals surface area contributed by atoms with E-state index in [4.69, 9.17) is 0 Å². The molecule has 1 aromatic heterocycles. The highest BCUT2D eigenvalue weighted by molar-refractivity contribution is 9.10. The minimum absolute atomic E-state index is 0.0178. The third-order valence-corrected chi connectivity index (χ3v) is 3.86. The number of aromatic nitrogens is 2. The summed E-state index contributed by atoms with van der Waals surface area (Å²) in [5.74, 6) is -0.0178. The standard InChI is InChI=1S/C12H17BrN4O/c1-16(2)9-4-3-5-17(7-9)12(18)11-10(13)6-14-8-15-11/h6,8-9H,3-5,7H2,1-2H3. The van der Waals surface area contributed by atoms with Gasteiger partial charge in [-0.25, -0.2) is 9.97 Å². The summed E-state index contributed by atoms with van der Waals surface area (Å²) in [5, 5.41) is 0. The molecule has 1 fully saturated rings. The maximum atomic E-state index is 12.4. The van der Waals surface area contributed by atoms with Crippen molar-refractivity contribution in [3.05, 3.63) is 22.7 Å². The number of rotatable bonds is 2. The van der Waals surface area contributed by atoms with E-state index in [2.05, 4.69) is 44.9 Å². The first-order valence-electron chi connectivity index (χ1n) is 6.01. The topological polar surface area (TPSA) is 49.3 Å². The molecule has 0 radical (unpaired) electrons. The van der Waals surface area contributed by atoms with Crippen LogP contribution in [-0.4, -0.2) is 58.9 Å². The van der Waals surface area contributed by atoms with Crippen LogP contribution in [0.4, 0.5) is 0 Å². The van der Waals surface area contributed by atoms with Gasteiger partial charge in [0.05, 0.1) is 4.47 Å². The van der Waals surface area contributed by atoms with Crippen molar-refractivity contribution in [3.8, 4) is 0 Å². The maximum Gasteiger partial charge on any atom is 0.273 e. The molecule has 18 heavy (non-hydrogen) atoms. The first-order valence-corrected chi connectivity index (χ1v) is 6.80. The molecule has 2 rings (SSSR count). The molecule has 1 aliphatic rings. The second-order valence-electron chi connectivity index (χ2n) is 4.73. The molecule has 5 nitrogen and oxygen atoms in total. The summed E-state index contributed by atoms with van der Waals surface area (Å²) in [6.07, 6.45) is 5.19. The zero-order chi connectivity index (χ0) is 13.1. The predicted octanol–water partition coefficient (Wildman–Crippen LogP) is 1.41. The van der Waals surface area contributed by atoms with Gasteiger partial charge in [0.15, 0.2) is 0 Å². The zero-order valence-electron chi connectivity index (χ0n) is 10.6. The minimum Gasteiger partial charge on any atom is -0.336 e. The Bertz CT molecular complexity index is 438. The number of piperidine rings is 1. The average molecular weight is 313 g/mol. The molecule has 1 aliphatic heterocycles. The fourth-order valence-electron chi connectivity index (χ4n) is 2.18. The van der Waals surface area contributed by atoms with Crippen molar-refractivity contribution in [2.24, 2.45) is 0 Å². The van der Waals surface area contributed by atoms with Gasteiger partial charge in [0.2, 0.25) is 0 Å². The monoisotopic (exact) mass is 312 g/mol. The number of nitrogens with zero attached hydrogens (tertiary/aromatic N) is 4. The van der Waals surface area contributed by atoms with E-state index in [1.165, 1.54) is 6.33 Å². The summed E-state index contributed by atoms with van der Waals surface area (Å²) in [7, 11) is 4.11. The van der Waals surface area contributed by atoms with Crippen LogP contribution < -0.4 is 0 Å². The van der Waals surface area contributed by atoms with Gasteiger partial charge in [-0.3, -0.25) is 4.79 Å². The molecular weight excluding hydrogens is 296 g/mol. The van der Waals surface area contributed by atoms with E-state index in [9.17, 15) is 4.79 Å². The highest BCUT2D eigenvalue weighted by atomic mass is 79.9. The van der Waals surface area contributed by atoms with Gasteiger partial charge in [0, 0.05) is 25.3 Å². The van der Waals surface area contributed by atoms with E-state index < -0.39 is 0 Å². The number of amides is 1. The Morgan fingerprint density at radius 2 is 2.33 bits per heavy atom. The lowest BCUT2D eigenvalue weighted by molar-refractivity contribution is 0.0628. The second-order valence-corrected chi connectivity index (χ2v) is 5.58. The van der Waals surface area contributed by atoms with Crippen molar-refractivity contribution in [2.75, 3.05) is 27.2 Å². The van der Waals surface area contributed by atoms with Crippen molar-refractivity contribution in [3.63, 3.8) is 0 Å². The van der Waals surface area contributed by atoms with E-state index in [1.807, 2.05) is 4.90 Å². The van der Waals surface area contributed by atoms with Crippen molar-refractivity contribution in [1.82, 2.24) is 19.8 Å². The Hall–Kier alpha value is -1.01. The molecule has 1 atom stereocenters. The summed E-state index contributed by atoms with van der Waals surface area (Å²) in [6, 6.07) is 0.434. The zero-order valence-corrected chi connectivity index (χ0v) is 12.2. The highest BCUT2D eigenvalue weighted by Crippen LogP contribution is 2.19. The third kappa shape index (κ3) is 2.87. The summed E-state index contributed by atoms with van der Waals surface area (Å²) in [5.41, 5.74) is 0.449. The molecule has 0 aromatic carbocycles. The van der Waals surface area contributed by atoms with E-state index in [-0.39, 0.29) is 5.91 Å². The summed E-state index contributed by atoms with van der Waals surface area (Å²) in [4.78, 5) is 24.4. The SMILES string of the molecule is CN(C)C1CCCN(C(=O)c2ncncc2Br)C1. The predicted molar refractivity (Wildman–Crippen MR) is 72.3 cm³/mol. The van der Waals surface area contributed by atoms with Crippen molar-refractivity contribution < 1.29 is 4.79 Å². The number of carbonyl (C=O) groups excluding carboxylic acids is 1. The van der Waals surface area contributed by atoms with E-state index in [0.717, 1.165) is 25.9 Å². The molecule has 0 bridgehead atoms. The molecule has 2 heterocycles. The van der Waals surface area contributed by atoms with Gasteiger partial charge in [-0.2, -0.15) is 0 Å². The molecule has 0 saturated carbocycles. The number of likely N-dealkylation sites (tertiary alicyclic amines) is 1. The Labute approximate surface area is 115 Å². The summed E-state index contributed by atoms with van der Waals surface area (Å²) in [6.45, 7) is 1.57. The van der Waals surface area contributed by atoms with Crippen molar-refractivity contribution in [1.29, 1.82) is 0 Å². The van der Waals surface area contributed by atoms with Gasteiger partial charge in [0.25, 0.3) is 5.91 Å². The van der Waals surface area contributed by atoms with Crippen LogP contribution in [0, 0.1) is 0 Å². The molecule has 1 saturated heterocycles. The maximum absolute atomic E-state index is 12.4. The molecule has 1 aromatic rings. The average Bonchev–Trinajstić information content (AvgIpc) is 2.38. The van der Waals surface area contributed by atoms with Gasteiger partial charge >= 0.3 is 0 Å².